The smallest absolute Gasteiger partial charge is 0.330 e. The Labute approximate surface area is 179 Å². The standard InChI is InChI=1S/C27H29NO2/c1-4-27(29)30-19-6-5-8-23-9-7-10-26(20-23)28(24-15-11-21(2)12-16-24)25-17-13-22(3)14-18-25/h4,7,9-18,20H,1,5-6,8,19H2,2-3H3. The summed E-state index contributed by atoms with van der Waals surface area (Å²) in [4.78, 5) is 13.4. The molecule has 3 aromatic carbocycles. The van der Waals surface area contributed by atoms with Gasteiger partial charge in [-0.3, -0.25) is 0 Å². The molecule has 0 aliphatic rings. The Bertz CT molecular complexity index is 929. The fourth-order valence-corrected chi connectivity index (χ4v) is 3.35. The summed E-state index contributed by atoms with van der Waals surface area (Å²) in [5, 5.41) is 0. The fourth-order valence-electron chi connectivity index (χ4n) is 3.35. The first-order valence-electron chi connectivity index (χ1n) is 10.4. The van der Waals surface area contributed by atoms with Crippen LogP contribution >= 0.6 is 0 Å². The van der Waals surface area contributed by atoms with Crippen molar-refractivity contribution < 1.29 is 9.53 Å². The molecule has 3 nitrogen and oxygen atoms in total. The van der Waals surface area contributed by atoms with Crippen LogP contribution in [0.3, 0.4) is 0 Å². The molecule has 0 aliphatic heterocycles. The van der Waals surface area contributed by atoms with Crippen LogP contribution in [-0.2, 0) is 16.0 Å². The van der Waals surface area contributed by atoms with Crippen molar-refractivity contribution in [3.05, 3.63) is 102 Å². The Morgan fingerprint density at radius 2 is 1.47 bits per heavy atom. The second-order valence-electron chi connectivity index (χ2n) is 7.51. The number of aryl methyl sites for hydroxylation is 3. The van der Waals surface area contributed by atoms with Crippen LogP contribution in [0.4, 0.5) is 17.1 Å². The predicted molar refractivity (Wildman–Crippen MR) is 125 cm³/mol. The highest BCUT2D eigenvalue weighted by Crippen LogP contribution is 2.35. The van der Waals surface area contributed by atoms with Gasteiger partial charge in [0.25, 0.3) is 0 Å². The van der Waals surface area contributed by atoms with Crippen LogP contribution in [-0.4, -0.2) is 12.6 Å². The molecular formula is C27H29NO2. The van der Waals surface area contributed by atoms with Crippen LogP contribution < -0.4 is 4.90 Å². The van der Waals surface area contributed by atoms with Gasteiger partial charge >= 0.3 is 5.97 Å². The van der Waals surface area contributed by atoms with Crippen LogP contribution in [0, 0.1) is 13.8 Å². The Hall–Kier alpha value is -3.33. The van der Waals surface area contributed by atoms with Crippen molar-refractivity contribution in [3.8, 4) is 0 Å². The molecule has 0 heterocycles. The summed E-state index contributed by atoms with van der Waals surface area (Å²) in [6.07, 6.45) is 3.94. The largest absolute Gasteiger partial charge is 0.463 e. The number of anilines is 3. The lowest BCUT2D eigenvalue weighted by atomic mass is 10.1. The molecule has 3 rings (SSSR count). The van der Waals surface area contributed by atoms with E-state index in [0.717, 1.165) is 36.3 Å². The molecule has 0 atom stereocenters. The van der Waals surface area contributed by atoms with Crippen LogP contribution in [0.25, 0.3) is 0 Å². The van der Waals surface area contributed by atoms with Crippen LogP contribution in [0.2, 0.25) is 0 Å². The number of hydrogen-bond donors (Lipinski definition) is 0. The van der Waals surface area contributed by atoms with E-state index in [1.165, 1.54) is 22.8 Å². The zero-order chi connectivity index (χ0) is 21.3. The zero-order valence-corrected chi connectivity index (χ0v) is 17.8. The molecule has 0 spiro atoms. The molecule has 0 aliphatic carbocycles. The first-order chi connectivity index (χ1) is 14.6. The van der Waals surface area contributed by atoms with E-state index >= 15 is 0 Å². The summed E-state index contributed by atoms with van der Waals surface area (Å²) in [5.74, 6) is -0.358. The normalized spacial score (nSPS) is 10.5. The van der Waals surface area contributed by atoms with Gasteiger partial charge in [0.2, 0.25) is 0 Å². The average molecular weight is 400 g/mol. The zero-order valence-electron chi connectivity index (χ0n) is 17.8. The maximum atomic E-state index is 11.1. The average Bonchev–Trinajstić information content (AvgIpc) is 2.76. The molecule has 0 bridgehead atoms. The third-order valence-corrected chi connectivity index (χ3v) is 5.02. The first kappa shape index (κ1) is 21.4. The van der Waals surface area contributed by atoms with E-state index in [1.54, 1.807) is 0 Å². The minimum Gasteiger partial charge on any atom is -0.463 e. The van der Waals surface area contributed by atoms with Crippen molar-refractivity contribution >= 4 is 23.0 Å². The van der Waals surface area contributed by atoms with Gasteiger partial charge in [0.15, 0.2) is 0 Å². The van der Waals surface area contributed by atoms with E-state index in [9.17, 15) is 4.79 Å². The Morgan fingerprint density at radius 1 is 0.867 bits per heavy atom. The highest BCUT2D eigenvalue weighted by atomic mass is 16.5. The Kier molecular flexibility index (Phi) is 7.45. The monoisotopic (exact) mass is 399 g/mol. The third kappa shape index (κ3) is 5.84. The van der Waals surface area contributed by atoms with Crippen molar-refractivity contribution in [1.29, 1.82) is 0 Å². The van der Waals surface area contributed by atoms with Crippen molar-refractivity contribution in [3.63, 3.8) is 0 Å². The third-order valence-electron chi connectivity index (χ3n) is 5.02. The van der Waals surface area contributed by atoms with Crippen LogP contribution in [0.15, 0.2) is 85.5 Å². The van der Waals surface area contributed by atoms with Gasteiger partial charge in [-0.1, -0.05) is 54.1 Å². The number of nitrogens with zero attached hydrogens (tertiary/aromatic N) is 1. The predicted octanol–water partition coefficient (Wildman–Crippen LogP) is 6.83. The Morgan fingerprint density at radius 3 is 2.03 bits per heavy atom. The van der Waals surface area contributed by atoms with E-state index in [2.05, 4.69) is 98.1 Å². The van der Waals surface area contributed by atoms with Crippen LogP contribution in [0.1, 0.15) is 29.5 Å². The van der Waals surface area contributed by atoms with Crippen molar-refractivity contribution in [1.82, 2.24) is 0 Å². The number of esters is 1. The molecule has 0 unspecified atom stereocenters. The van der Waals surface area contributed by atoms with E-state index in [0.29, 0.717) is 6.61 Å². The van der Waals surface area contributed by atoms with Gasteiger partial charge < -0.3 is 9.64 Å². The molecule has 0 amide bonds. The number of carbonyl (C=O) groups is 1. The summed E-state index contributed by atoms with van der Waals surface area (Å²) in [6, 6.07) is 25.9. The van der Waals surface area contributed by atoms with E-state index < -0.39 is 0 Å². The molecule has 0 radical (unpaired) electrons. The molecule has 0 fully saturated rings. The molecule has 0 N–H and O–H groups in total. The fraction of sp³-hybridized carbons (Fsp3) is 0.222. The van der Waals surface area contributed by atoms with Gasteiger partial charge in [-0.2, -0.15) is 0 Å². The first-order valence-corrected chi connectivity index (χ1v) is 10.4. The SMILES string of the molecule is C=CC(=O)OCCCCc1cccc(N(c2ccc(C)cc2)c2ccc(C)cc2)c1. The second kappa shape index (κ2) is 10.4. The molecule has 30 heavy (non-hydrogen) atoms. The molecule has 0 saturated carbocycles. The lowest BCUT2D eigenvalue weighted by Gasteiger charge is -2.26. The van der Waals surface area contributed by atoms with Gasteiger partial charge in [0.1, 0.15) is 0 Å². The maximum absolute atomic E-state index is 11.1. The van der Waals surface area contributed by atoms with Gasteiger partial charge in [0, 0.05) is 23.1 Å². The summed E-state index contributed by atoms with van der Waals surface area (Å²) < 4.78 is 5.06. The summed E-state index contributed by atoms with van der Waals surface area (Å²) in [6.45, 7) is 8.06. The van der Waals surface area contributed by atoms with Gasteiger partial charge in [0.05, 0.1) is 6.61 Å². The number of hydrogen-bond acceptors (Lipinski definition) is 3. The molecule has 154 valence electrons. The number of carbonyl (C=O) groups excluding carboxylic acids is 1. The van der Waals surface area contributed by atoms with Crippen molar-refractivity contribution in [2.75, 3.05) is 11.5 Å². The van der Waals surface area contributed by atoms with Gasteiger partial charge in [-0.15, -0.1) is 0 Å². The van der Waals surface area contributed by atoms with Gasteiger partial charge in [-0.05, 0) is 75.1 Å². The molecule has 0 saturated heterocycles. The highest BCUT2D eigenvalue weighted by Gasteiger charge is 2.12. The molecule has 0 aromatic heterocycles. The number of ether oxygens (including phenoxy) is 1. The topological polar surface area (TPSA) is 29.5 Å². The molecule has 3 aromatic rings. The highest BCUT2D eigenvalue weighted by molar-refractivity contribution is 5.81. The number of rotatable bonds is 9. The summed E-state index contributed by atoms with van der Waals surface area (Å²) >= 11 is 0. The summed E-state index contributed by atoms with van der Waals surface area (Å²) in [7, 11) is 0. The van der Waals surface area contributed by atoms with E-state index in [1.807, 2.05) is 0 Å². The van der Waals surface area contributed by atoms with Gasteiger partial charge in [-0.25, -0.2) is 4.79 Å². The minimum atomic E-state index is -0.358. The van der Waals surface area contributed by atoms with Crippen LogP contribution in [0.5, 0.6) is 0 Å². The summed E-state index contributed by atoms with van der Waals surface area (Å²) in [5.41, 5.74) is 7.17. The maximum Gasteiger partial charge on any atom is 0.330 e. The lowest BCUT2D eigenvalue weighted by molar-refractivity contribution is -0.137. The van der Waals surface area contributed by atoms with Crippen molar-refractivity contribution in [2.24, 2.45) is 0 Å². The number of unbranched alkanes of at least 4 members (excludes halogenated alkanes) is 1. The lowest BCUT2D eigenvalue weighted by Crippen LogP contribution is -2.10. The van der Waals surface area contributed by atoms with Crippen molar-refractivity contribution in [2.45, 2.75) is 33.1 Å². The van der Waals surface area contributed by atoms with E-state index in [-0.39, 0.29) is 5.97 Å². The molecular weight excluding hydrogens is 370 g/mol. The van der Waals surface area contributed by atoms with E-state index in [4.69, 9.17) is 4.74 Å². The second-order valence-corrected chi connectivity index (χ2v) is 7.51. The quantitative estimate of drug-likeness (QED) is 0.224. The number of benzene rings is 3. The molecule has 3 heteroatoms. The minimum absolute atomic E-state index is 0.358. The Balaban J connectivity index is 1.79.